The number of hydrogen-bond donors (Lipinski definition) is 3. The first-order valence-corrected chi connectivity index (χ1v) is 6.17. The first-order chi connectivity index (χ1) is 8.75. The second-order valence-electron chi connectivity index (χ2n) is 4.54. The summed E-state index contributed by atoms with van der Waals surface area (Å²) >= 11 is 0. The number of nitrogen functional groups attached to an aromatic ring is 1. The van der Waals surface area contributed by atoms with Crippen LogP contribution in [0.3, 0.4) is 0 Å². The number of hydrogen-bond acceptors (Lipinski definition) is 6. The molecule has 0 radical (unpaired) electrons. The molecule has 2 aliphatic rings. The standard InChI is InChI=1S/C12H18N4O2/c13-8-1-2-9(12-11(8)17-5-6-18-12)16-4-3-15-10(14)7-16/h1-2,10,15H,3-7,13-14H2. The molecule has 1 aromatic carbocycles. The lowest BCUT2D eigenvalue weighted by Gasteiger charge is -2.35. The van der Waals surface area contributed by atoms with E-state index < -0.39 is 0 Å². The van der Waals surface area contributed by atoms with E-state index in [0.717, 1.165) is 31.1 Å². The Morgan fingerprint density at radius 1 is 1.22 bits per heavy atom. The summed E-state index contributed by atoms with van der Waals surface area (Å²) < 4.78 is 11.3. The fourth-order valence-electron chi connectivity index (χ4n) is 2.39. The van der Waals surface area contributed by atoms with E-state index in [2.05, 4.69) is 10.2 Å². The van der Waals surface area contributed by atoms with Gasteiger partial charge in [-0.1, -0.05) is 0 Å². The number of benzene rings is 1. The zero-order chi connectivity index (χ0) is 12.5. The van der Waals surface area contributed by atoms with E-state index in [9.17, 15) is 0 Å². The van der Waals surface area contributed by atoms with Crippen molar-refractivity contribution < 1.29 is 9.47 Å². The van der Waals surface area contributed by atoms with Gasteiger partial charge < -0.3 is 25.8 Å². The molecule has 0 saturated carbocycles. The molecule has 6 nitrogen and oxygen atoms in total. The van der Waals surface area contributed by atoms with Crippen LogP contribution in [0.25, 0.3) is 0 Å². The largest absolute Gasteiger partial charge is 0.484 e. The number of rotatable bonds is 1. The highest BCUT2D eigenvalue weighted by molar-refractivity contribution is 5.74. The molecular weight excluding hydrogens is 232 g/mol. The van der Waals surface area contributed by atoms with E-state index in [4.69, 9.17) is 20.9 Å². The average molecular weight is 250 g/mol. The first kappa shape index (κ1) is 11.4. The average Bonchev–Trinajstić information content (AvgIpc) is 2.39. The zero-order valence-electron chi connectivity index (χ0n) is 10.2. The van der Waals surface area contributed by atoms with Crippen molar-refractivity contribution in [2.75, 3.05) is 43.5 Å². The Balaban J connectivity index is 1.96. The predicted octanol–water partition coefficient (Wildman–Crippen LogP) is -0.266. The molecule has 1 aromatic rings. The molecule has 3 rings (SSSR count). The van der Waals surface area contributed by atoms with Crippen LogP contribution >= 0.6 is 0 Å². The maximum absolute atomic E-state index is 5.92. The summed E-state index contributed by atoms with van der Waals surface area (Å²) in [5.74, 6) is 1.40. The second-order valence-corrected chi connectivity index (χ2v) is 4.54. The Labute approximate surface area is 106 Å². The molecule has 18 heavy (non-hydrogen) atoms. The lowest BCUT2D eigenvalue weighted by atomic mass is 10.2. The highest BCUT2D eigenvalue weighted by atomic mass is 16.6. The van der Waals surface area contributed by atoms with E-state index >= 15 is 0 Å². The van der Waals surface area contributed by atoms with Crippen molar-refractivity contribution in [3.8, 4) is 11.5 Å². The third kappa shape index (κ3) is 1.93. The summed E-state index contributed by atoms with van der Waals surface area (Å²) in [4.78, 5) is 2.20. The fraction of sp³-hybridized carbons (Fsp3) is 0.500. The van der Waals surface area contributed by atoms with Crippen LogP contribution in [0, 0.1) is 0 Å². The van der Waals surface area contributed by atoms with Crippen molar-refractivity contribution in [2.45, 2.75) is 6.17 Å². The van der Waals surface area contributed by atoms with Crippen LogP contribution < -0.4 is 31.2 Å². The number of nitrogens with two attached hydrogens (primary N) is 2. The van der Waals surface area contributed by atoms with Gasteiger partial charge in [0, 0.05) is 19.6 Å². The van der Waals surface area contributed by atoms with E-state index in [-0.39, 0.29) is 6.17 Å². The molecule has 1 saturated heterocycles. The summed E-state index contributed by atoms with van der Waals surface area (Å²) in [5.41, 5.74) is 13.5. The van der Waals surface area contributed by atoms with Crippen molar-refractivity contribution in [1.29, 1.82) is 0 Å². The highest BCUT2D eigenvalue weighted by Gasteiger charge is 2.25. The van der Waals surface area contributed by atoms with Crippen LogP contribution in [0.5, 0.6) is 11.5 Å². The van der Waals surface area contributed by atoms with Gasteiger partial charge in [-0.3, -0.25) is 5.32 Å². The maximum Gasteiger partial charge on any atom is 0.186 e. The van der Waals surface area contributed by atoms with E-state index in [1.54, 1.807) is 0 Å². The number of piperazine rings is 1. The van der Waals surface area contributed by atoms with Crippen LogP contribution in [0.2, 0.25) is 0 Å². The summed E-state index contributed by atoms with van der Waals surface area (Å²) in [7, 11) is 0. The van der Waals surface area contributed by atoms with Gasteiger partial charge in [-0.15, -0.1) is 0 Å². The second kappa shape index (κ2) is 4.55. The Kier molecular flexibility index (Phi) is 2.89. The monoisotopic (exact) mass is 250 g/mol. The summed E-state index contributed by atoms with van der Waals surface area (Å²) in [6.07, 6.45) is -0.0172. The molecule has 0 amide bonds. The number of ether oxygens (including phenoxy) is 2. The third-order valence-electron chi connectivity index (χ3n) is 3.24. The molecule has 0 aromatic heterocycles. The van der Waals surface area contributed by atoms with Gasteiger partial charge in [0.2, 0.25) is 0 Å². The summed E-state index contributed by atoms with van der Waals surface area (Å²) in [5, 5.41) is 3.21. The lowest BCUT2D eigenvalue weighted by molar-refractivity contribution is 0.173. The molecule has 2 aliphatic heterocycles. The molecule has 0 bridgehead atoms. The van der Waals surface area contributed by atoms with Gasteiger partial charge in [0.25, 0.3) is 0 Å². The maximum atomic E-state index is 5.92. The molecule has 1 unspecified atom stereocenters. The van der Waals surface area contributed by atoms with E-state index in [1.807, 2.05) is 12.1 Å². The minimum absolute atomic E-state index is 0.0172. The Morgan fingerprint density at radius 3 is 2.78 bits per heavy atom. The number of nitrogens with zero attached hydrogens (tertiary/aromatic N) is 1. The summed E-state index contributed by atoms with van der Waals surface area (Å²) in [6.45, 7) is 3.61. The normalized spacial score (nSPS) is 22.9. The Morgan fingerprint density at radius 2 is 2.00 bits per heavy atom. The smallest absolute Gasteiger partial charge is 0.186 e. The van der Waals surface area contributed by atoms with Crippen molar-refractivity contribution in [2.24, 2.45) is 5.73 Å². The molecule has 5 N–H and O–H groups in total. The van der Waals surface area contributed by atoms with Gasteiger partial charge in [-0.2, -0.15) is 0 Å². The molecule has 98 valence electrons. The molecule has 1 fully saturated rings. The van der Waals surface area contributed by atoms with E-state index in [0.29, 0.717) is 24.7 Å². The van der Waals surface area contributed by atoms with Crippen molar-refractivity contribution in [3.05, 3.63) is 12.1 Å². The van der Waals surface area contributed by atoms with Crippen LogP contribution in [0.15, 0.2) is 12.1 Å². The Hall–Kier alpha value is -1.66. The number of nitrogens with one attached hydrogen (secondary N) is 1. The van der Waals surface area contributed by atoms with Gasteiger partial charge in [-0.05, 0) is 12.1 Å². The van der Waals surface area contributed by atoms with Crippen molar-refractivity contribution >= 4 is 11.4 Å². The van der Waals surface area contributed by atoms with Gasteiger partial charge in [0.1, 0.15) is 13.2 Å². The van der Waals surface area contributed by atoms with Gasteiger partial charge >= 0.3 is 0 Å². The molecule has 2 heterocycles. The quantitative estimate of drug-likeness (QED) is 0.595. The van der Waals surface area contributed by atoms with Crippen molar-refractivity contribution in [3.63, 3.8) is 0 Å². The van der Waals surface area contributed by atoms with Gasteiger partial charge in [-0.25, -0.2) is 0 Å². The first-order valence-electron chi connectivity index (χ1n) is 6.17. The van der Waals surface area contributed by atoms with Gasteiger partial charge in [0.05, 0.1) is 17.5 Å². The van der Waals surface area contributed by atoms with Crippen LogP contribution in [0.1, 0.15) is 0 Å². The fourth-order valence-corrected chi connectivity index (χ4v) is 2.39. The molecule has 0 aliphatic carbocycles. The number of anilines is 2. The van der Waals surface area contributed by atoms with Crippen LogP contribution in [0.4, 0.5) is 11.4 Å². The van der Waals surface area contributed by atoms with Crippen LogP contribution in [-0.2, 0) is 0 Å². The minimum Gasteiger partial charge on any atom is -0.484 e. The SMILES string of the molecule is Nc1ccc(N2CCNC(N)C2)c2c1OCCO2. The topological polar surface area (TPSA) is 85.8 Å². The Bertz CT molecular complexity index is 452. The minimum atomic E-state index is -0.0172. The molecule has 6 heteroatoms. The van der Waals surface area contributed by atoms with E-state index in [1.165, 1.54) is 0 Å². The summed E-state index contributed by atoms with van der Waals surface area (Å²) in [6, 6.07) is 3.83. The molecule has 1 atom stereocenters. The van der Waals surface area contributed by atoms with Gasteiger partial charge in [0.15, 0.2) is 11.5 Å². The zero-order valence-corrected chi connectivity index (χ0v) is 10.2. The lowest BCUT2D eigenvalue weighted by Crippen LogP contribution is -2.55. The number of fused-ring (bicyclic) bond motifs is 1. The molecular formula is C12H18N4O2. The van der Waals surface area contributed by atoms with Crippen molar-refractivity contribution in [1.82, 2.24) is 5.32 Å². The molecule has 0 spiro atoms. The predicted molar refractivity (Wildman–Crippen MR) is 70.0 cm³/mol. The van der Waals surface area contributed by atoms with Crippen LogP contribution in [-0.4, -0.2) is 39.0 Å². The highest BCUT2D eigenvalue weighted by Crippen LogP contribution is 2.43. The third-order valence-corrected chi connectivity index (χ3v) is 3.24.